The number of carbonyl (C=O) groups is 1. The number of nitrogens with zero attached hydrogens (tertiary/aromatic N) is 1. The first-order chi connectivity index (χ1) is 8.20. The van der Waals surface area contributed by atoms with Gasteiger partial charge in [0.25, 0.3) is 0 Å². The van der Waals surface area contributed by atoms with Gasteiger partial charge in [0.2, 0.25) is 5.91 Å². The van der Waals surface area contributed by atoms with Crippen molar-refractivity contribution < 1.29 is 9.90 Å². The minimum Gasteiger partial charge on any atom is -0.396 e. The van der Waals surface area contributed by atoms with E-state index in [0.29, 0.717) is 13.0 Å². The van der Waals surface area contributed by atoms with E-state index in [9.17, 15) is 4.79 Å². The van der Waals surface area contributed by atoms with Gasteiger partial charge < -0.3 is 10.0 Å². The molecule has 1 amide bonds. The van der Waals surface area contributed by atoms with Gasteiger partial charge in [-0.15, -0.1) is 0 Å². The first-order valence-electron chi connectivity index (χ1n) is 6.14. The van der Waals surface area contributed by atoms with E-state index in [0.717, 1.165) is 13.0 Å². The molecule has 92 valence electrons. The number of aliphatic hydroxyl groups is 1. The summed E-state index contributed by atoms with van der Waals surface area (Å²) >= 11 is 0. The molecule has 1 fully saturated rings. The molecule has 1 atom stereocenters. The predicted octanol–water partition coefficient (Wildman–Crippen LogP) is 1.38. The molecule has 0 aromatic heterocycles. The minimum absolute atomic E-state index is 0.118. The molecule has 0 spiro atoms. The molecule has 1 aromatic rings. The van der Waals surface area contributed by atoms with Gasteiger partial charge in [-0.1, -0.05) is 24.3 Å². The highest BCUT2D eigenvalue weighted by Crippen LogP contribution is 2.18. The van der Waals surface area contributed by atoms with Crippen molar-refractivity contribution in [3.05, 3.63) is 35.4 Å². The van der Waals surface area contributed by atoms with Gasteiger partial charge in [0, 0.05) is 32.0 Å². The fraction of sp³-hybridized carbons (Fsp3) is 0.500. The van der Waals surface area contributed by atoms with Crippen molar-refractivity contribution in [2.45, 2.75) is 19.8 Å². The van der Waals surface area contributed by atoms with E-state index in [1.165, 1.54) is 11.1 Å². The van der Waals surface area contributed by atoms with Gasteiger partial charge in [-0.05, 0) is 24.5 Å². The van der Waals surface area contributed by atoms with Crippen LogP contribution in [0.1, 0.15) is 17.5 Å². The van der Waals surface area contributed by atoms with Crippen LogP contribution in [-0.2, 0) is 11.2 Å². The summed E-state index contributed by atoms with van der Waals surface area (Å²) in [6, 6.07) is 8.27. The Hall–Kier alpha value is -1.35. The Labute approximate surface area is 102 Å². The summed E-state index contributed by atoms with van der Waals surface area (Å²) in [6.45, 7) is 3.69. The van der Waals surface area contributed by atoms with E-state index < -0.39 is 0 Å². The third-order valence-electron chi connectivity index (χ3n) is 3.47. The lowest BCUT2D eigenvalue weighted by Crippen LogP contribution is -2.28. The van der Waals surface area contributed by atoms with Crippen LogP contribution in [-0.4, -0.2) is 35.6 Å². The molecule has 0 bridgehead atoms. The van der Waals surface area contributed by atoms with Crippen molar-refractivity contribution >= 4 is 5.91 Å². The number of rotatable bonds is 4. The van der Waals surface area contributed by atoms with Gasteiger partial charge >= 0.3 is 0 Å². The van der Waals surface area contributed by atoms with Crippen molar-refractivity contribution in [3.8, 4) is 0 Å². The zero-order valence-corrected chi connectivity index (χ0v) is 10.2. The van der Waals surface area contributed by atoms with Crippen LogP contribution in [0.3, 0.4) is 0 Å². The fourth-order valence-electron chi connectivity index (χ4n) is 2.34. The summed E-state index contributed by atoms with van der Waals surface area (Å²) in [7, 11) is 0. The molecule has 0 saturated carbocycles. The average Bonchev–Trinajstić information content (AvgIpc) is 2.69. The number of likely N-dealkylation sites (tertiary alicyclic amines) is 1. The Bertz CT molecular complexity index is 403. The highest BCUT2D eigenvalue weighted by molar-refractivity contribution is 5.78. The first-order valence-corrected chi connectivity index (χ1v) is 6.14. The molecule has 1 aromatic carbocycles. The number of hydrogen-bond donors (Lipinski definition) is 1. The molecule has 0 radical (unpaired) electrons. The summed E-state index contributed by atoms with van der Waals surface area (Å²) in [5.74, 6) is 0.317. The molecule has 1 heterocycles. The standard InChI is InChI=1S/C14H19NO2/c1-11-4-2-3-5-13(11)6-7-15-9-12(10-16)8-14(15)17/h2-5,12,16H,6-10H2,1H3. The van der Waals surface area contributed by atoms with E-state index in [1.807, 2.05) is 17.0 Å². The van der Waals surface area contributed by atoms with Crippen molar-refractivity contribution in [1.29, 1.82) is 0 Å². The largest absolute Gasteiger partial charge is 0.396 e. The van der Waals surface area contributed by atoms with Gasteiger partial charge in [-0.25, -0.2) is 0 Å². The number of aliphatic hydroxyl groups excluding tert-OH is 1. The number of aryl methyl sites for hydroxylation is 1. The SMILES string of the molecule is Cc1ccccc1CCN1CC(CO)CC1=O. The Morgan fingerprint density at radius 2 is 2.18 bits per heavy atom. The van der Waals surface area contributed by atoms with E-state index in [1.54, 1.807) is 0 Å². The van der Waals surface area contributed by atoms with Gasteiger partial charge in [-0.2, -0.15) is 0 Å². The quantitative estimate of drug-likeness (QED) is 0.853. The monoisotopic (exact) mass is 233 g/mol. The van der Waals surface area contributed by atoms with E-state index >= 15 is 0 Å². The molecule has 3 heteroatoms. The smallest absolute Gasteiger partial charge is 0.223 e. The maximum absolute atomic E-state index is 11.7. The summed E-state index contributed by atoms with van der Waals surface area (Å²) in [5.41, 5.74) is 2.57. The molecule has 1 N–H and O–H groups in total. The van der Waals surface area contributed by atoms with Gasteiger partial charge in [0.05, 0.1) is 0 Å². The van der Waals surface area contributed by atoms with Crippen molar-refractivity contribution in [3.63, 3.8) is 0 Å². The fourth-order valence-corrected chi connectivity index (χ4v) is 2.34. The molecule has 0 aliphatic carbocycles. The molecule has 17 heavy (non-hydrogen) atoms. The zero-order valence-electron chi connectivity index (χ0n) is 10.2. The molecule has 2 rings (SSSR count). The van der Waals surface area contributed by atoms with Crippen LogP contribution in [0.25, 0.3) is 0 Å². The van der Waals surface area contributed by atoms with Crippen LogP contribution >= 0.6 is 0 Å². The summed E-state index contributed by atoms with van der Waals surface area (Å²) in [6.07, 6.45) is 1.40. The van der Waals surface area contributed by atoms with Crippen LogP contribution in [0.2, 0.25) is 0 Å². The minimum atomic E-state index is 0.118. The molecule has 1 aliphatic rings. The van der Waals surface area contributed by atoms with Crippen LogP contribution < -0.4 is 0 Å². The maximum atomic E-state index is 11.7. The normalized spacial score (nSPS) is 20.0. The van der Waals surface area contributed by atoms with Crippen LogP contribution in [0, 0.1) is 12.8 Å². The molecule has 3 nitrogen and oxygen atoms in total. The highest BCUT2D eigenvalue weighted by Gasteiger charge is 2.28. The van der Waals surface area contributed by atoms with Crippen LogP contribution in [0.5, 0.6) is 0 Å². The lowest BCUT2D eigenvalue weighted by molar-refractivity contribution is -0.127. The second-order valence-corrected chi connectivity index (χ2v) is 4.77. The van der Waals surface area contributed by atoms with E-state index in [4.69, 9.17) is 5.11 Å². The number of carbonyl (C=O) groups excluding carboxylic acids is 1. The Kier molecular flexibility index (Phi) is 3.79. The highest BCUT2D eigenvalue weighted by atomic mass is 16.3. The van der Waals surface area contributed by atoms with Crippen molar-refractivity contribution in [2.24, 2.45) is 5.92 Å². The van der Waals surface area contributed by atoms with Crippen molar-refractivity contribution in [1.82, 2.24) is 4.90 Å². The second kappa shape index (κ2) is 5.32. The third-order valence-corrected chi connectivity index (χ3v) is 3.47. The molecular formula is C14H19NO2. The number of benzene rings is 1. The van der Waals surface area contributed by atoms with Gasteiger partial charge in [0.15, 0.2) is 0 Å². The summed E-state index contributed by atoms with van der Waals surface area (Å²) < 4.78 is 0. The average molecular weight is 233 g/mol. The predicted molar refractivity (Wildman–Crippen MR) is 66.7 cm³/mol. The van der Waals surface area contributed by atoms with Crippen molar-refractivity contribution in [2.75, 3.05) is 19.7 Å². The Morgan fingerprint density at radius 1 is 1.41 bits per heavy atom. The van der Waals surface area contributed by atoms with Crippen LogP contribution in [0.4, 0.5) is 0 Å². The number of hydrogen-bond acceptors (Lipinski definition) is 2. The first kappa shape index (κ1) is 12.1. The molecule has 1 aliphatic heterocycles. The Balaban J connectivity index is 1.91. The Morgan fingerprint density at radius 3 is 2.82 bits per heavy atom. The van der Waals surface area contributed by atoms with E-state index in [2.05, 4.69) is 19.1 Å². The summed E-state index contributed by atoms with van der Waals surface area (Å²) in [5, 5.41) is 9.05. The summed E-state index contributed by atoms with van der Waals surface area (Å²) in [4.78, 5) is 13.5. The lowest BCUT2D eigenvalue weighted by atomic mass is 10.1. The van der Waals surface area contributed by atoms with Crippen LogP contribution in [0.15, 0.2) is 24.3 Å². The topological polar surface area (TPSA) is 40.5 Å². The molecule has 1 unspecified atom stereocenters. The maximum Gasteiger partial charge on any atom is 0.223 e. The van der Waals surface area contributed by atoms with Gasteiger partial charge in [-0.3, -0.25) is 4.79 Å². The molecular weight excluding hydrogens is 214 g/mol. The number of amides is 1. The second-order valence-electron chi connectivity index (χ2n) is 4.77. The van der Waals surface area contributed by atoms with Gasteiger partial charge in [0.1, 0.15) is 0 Å². The zero-order chi connectivity index (χ0) is 12.3. The lowest BCUT2D eigenvalue weighted by Gasteiger charge is -2.16. The molecule has 1 saturated heterocycles. The third kappa shape index (κ3) is 2.86. The van der Waals surface area contributed by atoms with E-state index in [-0.39, 0.29) is 18.4 Å².